The van der Waals surface area contributed by atoms with Gasteiger partial charge in [-0.05, 0) is 47.7 Å². The molecule has 24 heavy (non-hydrogen) atoms. The number of amides is 1. The third-order valence-corrected chi connectivity index (χ3v) is 3.87. The summed E-state index contributed by atoms with van der Waals surface area (Å²) in [6.45, 7) is 0. The molecule has 0 unspecified atom stereocenters. The van der Waals surface area contributed by atoms with E-state index in [1.54, 1.807) is 30.6 Å². The lowest BCUT2D eigenvalue weighted by atomic mass is 10.2. The Hall–Kier alpha value is -2.61. The summed E-state index contributed by atoms with van der Waals surface area (Å²) in [5, 5.41) is 2.20. The van der Waals surface area contributed by atoms with E-state index in [1.807, 2.05) is 0 Å². The number of nitrogens with one attached hydrogen (secondary N) is 1. The largest absolute Gasteiger partial charge is 0.416 e. The molecule has 0 aliphatic carbocycles. The van der Waals surface area contributed by atoms with E-state index < -0.39 is 11.7 Å². The van der Waals surface area contributed by atoms with Crippen LogP contribution in [0.1, 0.15) is 11.1 Å². The summed E-state index contributed by atoms with van der Waals surface area (Å²) in [5.41, 5.74) is 0.0760. The van der Waals surface area contributed by atoms with Gasteiger partial charge < -0.3 is 5.32 Å². The Labute approximate surface area is 139 Å². The second-order valence-electron chi connectivity index (χ2n) is 4.82. The minimum atomic E-state index is -4.45. The molecule has 1 aliphatic rings. The summed E-state index contributed by atoms with van der Waals surface area (Å²) in [5.74, 6) is 0.216. The van der Waals surface area contributed by atoms with Gasteiger partial charge in [-0.1, -0.05) is 12.1 Å². The fourth-order valence-electron chi connectivity index (χ4n) is 2.01. The number of carbonyl (C=O) groups is 1. The van der Waals surface area contributed by atoms with Gasteiger partial charge in [-0.3, -0.25) is 9.78 Å². The molecule has 1 amide bonds. The molecule has 8 heteroatoms. The van der Waals surface area contributed by atoms with Crippen LogP contribution in [0, 0.1) is 0 Å². The number of hydrogen-bond acceptors (Lipinski definition) is 4. The van der Waals surface area contributed by atoms with Crippen LogP contribution in [0.3, 0.4) is 0 Å². The fourth-order valence-corrected chi connectivity index (χ4v) is 2.74. The molecule has 0 radical (unpaired) electrons. The predicted octanol–water partition coefficient (Wildman–Crippen LogP) is 4.63. The molecule has 1 fully saturated rings. The van der Waals surface area contributed by atoms with Gasteiger partial charge in [0.25, 0.3) is 5.24 Å². The number of hydrogen-bond donors (Lipinski definition) is 1. The maximum Gasteiger partial charge on any atom is 0.416 e. The van der Waals surface area contributed by atoms with Gasteiger partial charge >= 0.3 is 6.18 Å². The molecule has 0 saturated carbocycles. The monoisotopic (exact) mass is 349 g/mol. The number of aliphatic imine (C=N–C) groups is 1. The third-order valence-electron chi connectivity index (χ3n) is 3.05. The average Bonchev–Trinajstić information content (AvgIpc) is 2.87. The number of aromatic nitrogens is 1. The molecule has 1 N–H and O–H groups in total. The quantitative estimate of drug-likeness (QED) is 0.860. The maximum absolute atomic E-state index is 12.8. The van der Waals surface area contributed by atoms with Gasteiger partial charge in [0, 0.05) is 12.4 Å². The van der Waals surface area contributed by atoms with Gasteiger partial charge in [-0.25, -0.2) is 4.99 Å². The molecule has 1 aliphatic heterocycles. The van der Waals surface area contributed by atoms with Crippen molar-refractivity contribution in [2.24, 2.45) is 4.99 Å². The fraction of sp³-hybridized carbons (Fsp3) is 0.0625. The third kappa shape index (κ3) is 3.83. The number of alkyl halides is 3. The molecule has 0 bridgehead atoms. The first-order valence-electron chi connectivity index (χ1n) is 6.79. The van der Waals surface area contributed by atoms with Gasteiger partial charge in [-0.2, -0.15) is 13.2 Å². The summed E-state index contributed by atoms with van der Waals surface area (Å²) in [6.07, 6.45) is 0.476. The Morgan fingerprint density at radius 1 is 1.21 bits per heavy atom. The number of nitrogens with zero attached hydrogens (tertiary/aromatic N) is 2. The SMILES string of the molecule is O=C1NC(=Nc2cccc(C(F)(F)F)c2)/C(=C/c2cccnc2)S1. The summed E-state index contributed by atoms with van der Waals surface area (Å²) < 4.78 is 38.3. The van der Waals surface area contributed by atoms with E-state index in [0.717, 1.165) is 29.5 Å². The Bertz CT molecular complexity index is 832. The Morgan fingerprint density at radius 3 is 2.75 bits per heavy atom. The summed E-state index contributed by atoms with van der Waals surface area (Å²) in [7, 11) is 0. The number of rotatable bonds is 2. The Morgan fingerprint density at radius 2 is 2.04 bits per heavy atom. The number of amidine groups is 1. The molecule has 0 atom stereocenters. The van der Waals surface area contributed by atoms with Crippen molar-refractivity contribution in [1.82, 2.24) is 10.3 Å². The van der Waals surface area contributed by atoms with Crippen LogP contribution < -0.4 is 5.32 Å². The van der Waals surface area contributed by atoms with Crippen molar-refractivity contribution >= 4 is 34.6 Å². The van der Waals surface area contributed by atoms with Crippen LogP contribution in [0.2, 0.25) is 0 Å². The normalized spacial score (nSPS) is 18.2. The molecule has 3 rings (SSSR count). The molecule has 1 saturated heterocycles. The molecule has 0 spiro atoms. The molecule has 2 aromatic rings. The summed E-state index contributed by atoms with van der Waals surface area (Å²) in [4.78, 5) is 20.2. The van der Waals surface area contributed by atoms with Crippen molar-refractivity contribution in [2.75, 3.05) is 0 Å². The van der Waals surface area contributed by atoms with Gasteiger partial charge in [0.1, 0.15) is 5.84 Å². The zero-order chi connectivity index (χ0) is 17.2. The highest BCUT2D eigenvalue weighted by molar-refractivity contribution is 8.18. The van der Waals surface area contributed by atoms with E-state index in [2.05, 4.69) is 15.3 Å². The highest BCUT2D eigenvalue weighted by Crippen LogP contribution is 2.33. The lowest BCUT2D eigenvalue weighted by Gasteiger charge is -2.07. The van der Waals surface area contributed by atoms with Crippen LogP contribution in [0.15, 0.2) is 58.7 Å². The van der Waals surface area contributed by atoms with E-state index in [-0.39, 0.29) is 16.8 Å². The van der Waals surface area contributed by atoms with Gasteiger partial charge in [0.15, 0.2) is 0 Å². The van der Waals surface area contributed by atoms with Crippen molar-refractivity contribution in [3.05, 3.63) is 64.8 Å². The van der Waals surface area contributed by atoms with Crippen LogP contribution in [-0.4, -0.2) is 16.1 Å². The van der Waals surface area contributed by atoms with Gasteiger partial charge in [0.2, 0.25) is 0 Å². The average molecular weight is 349 g/mol. The van der Waals surface area contributed by atoms with Crippen LogP contribution in [0.5, 0.6) is 0 Å². The maximum atomic E-state index is 12.8. The molecule has 122 valence electrons. The minimum Gasteiger partial charge on any atom is -0.300 e. The zero-order valence-electron chi connectivity index (χ0n) is 12.0. The van der Waals surface area contributed by atoms with Crippen molar-refractivity contribution in [3.8, 4) is 0 Å². The molecule has 4 nitrogen and oxygen atoms in total. The second kappa shape index (κ2) is 6.48. The van der Waals surface area contributed by atoms with Crippen LogP contribution in [0.25, 0.3) is 6.08 Å². The highest BCUT2D eigenvalue weighted by Gasteiger charge is 2.30. The summed E-state index contributed by atoms with van der Waals surface area (Å²) in [6, 6.07) is 8.16. The van der Waals surface area contributed by atoms with E-state index in [1.165, 1.54) is 12.1 Å². The lowest BCUT2D eigenvalue weighted by Crippen LogP contribution is -2.18. The first-order valence-corrected chi connectivity index (χ1v) is 7.60. The van der Waals surface area contributed by atoms with E-state index in [0.29, 0.717) is 4.91 Å². The molecular formula is C16H10F3N3OS. The van der Waals surface area contributed by atoms with Gasteiger partial charge in [0.05, 0.1) is 16.2 Å². The van der Waals surface area contributed by atoms with Crippen LogP contribution in [0.4, 0.5) is 23.7 Å². The molecule has 1 aromatic heterocycles. The van der Waals surface area contributed by atoms with Crippen molar-refractivity contribution in [1.29, 1.82) is 0 Å². The Kier molecular flexibility index (Phi) is 4.39. The Balaban J connectivity index is 1.96. The topological polar surface area (TPSA) is 54.4 Å². The predicted molar refractivity (Wildman–Crippen MR) is 86.9 cm³/mol. The highest BCUT2D eigenvalue weighted by atomic mass is 32.2. The second-order valence-corrected chi connectivity index (χ2v) is 5.83. The van der Waals surface area contributed by atoms with Crippen molar-refractivity contribution < 1.29 is 18.0 Å². The van der Waals surface area contributed by atoms with Crippen LogP contribution >= 0.6 is 11.8 Å². The molecule has 2 heterocycles. The van der Waals surface area contributed by atoms with Crippen LogP contribution in [-0.2, 0) is 6.18 Å². The van der Waals surface area contributed by atoms with Gasteiger partial charge in [-0.15, -0.1) is 0 Å². The summed E-state index contributed by atoms with van der Waals surface area (Å²) >= 11 is 0.928. The molecule has 1 aromatic carbocycles. The first kappa shape index (κ1) is 16.3. The number of thioether (sulfide) groups is 1. The molecular weight excluding hydrogens is 339 g/mol. The zero-order valence-corrected chi connectivity index (χ0v) is 12.9. The lowest BCUT2D eigenvalue weighted by molar-refractivity contribution is -0.137. The first-order chi connectivity index (χ1) is 11.4. The van der Waals surface area contributed by atoms with E-state index in [4.69, 9.17) is 0 Å². The number of pyridine rings is 1. The van der Waals surface area contributed by atoms with Crippen molar-refractivity contribution in [2.45, 2.75) is 6.18 Å². The number of halogens is 3. The van der Waals surface area contributed by atoms with E-state index >= 15 is 0 Å². The van der Waals surface area contributed by atoms with Crippen molar-refractivity contribution in [3.63, 3.8) is 0 Å². The smallest absolute Gasteiger partial charge is 0.300 e. The number of carbonyl (C=O) groups excluding carboxylic acids is 1. The number of benzene rings is 1. The van der Waals surface area contributed by atoms with E-state index in [9.17, 15) is 18.0 Å². The standard InChI is InChI=1S/C16H10F3N3OS/c17-16(18,19)11-4-1-5-12(8-11)21-14-13(24-15(23)22-14)7-10-3-2-6-20-9-10/h1-9H,(H,21,22,23)/b13-7-. The minimum absolute atomic E-state index is 0.111.